The molecule has 128 valence electrons. The lowest BCUT2D eigenvalue weighted by atomic mass is 9.45. The van der Waals surface area contributed by atoms with Gasteiger partial charge in [0.2, 0.25) is 0 Å². The van der Waals surface area contributed by atoms with Crippen LogP contribution >= 0.6 is 0 Å². The summed E-state index contributed by atoms with van der Waals surface area (Å²) in [6, 6.07) is 0. The van der Waals surface area contributed by atoms with Gasteiger partial charge in [-0.25, -0.2) is 0 Å². The number of rotatable bonds is 0. The molecular weight excluding hydrogens is 288 g/mol. The van der Waals surface area contributed by atoms with Gasteiger partial charge in [-0.1, -0.05) is 19.4 Å². The van der Waals surface area contributed by atoms with Gasteiger partial charge in [-0.05, 0) is 74.7 Å². The fraction of sp³-hybridized carbons (Fsp3) is 0.850. The van der Waals surface area contributed by atoms with Gasteiger partial charge in [-0.2, -0.15) is 0 Å². The Kier molecular flexibility index (Phi) is 3.23. The van der Waals surface area contributed by atoms with Crippen LogP contribution in [0.2, 0.25) is 0 Å². The topological polar surface area (TPSA) is 57.5 Å². The van der Waals surface area contributed by atoms with Crippen LogP contribution in [0.4, 0.5) is 0 Å². The highest BCUT2D eigenvalue weighted by molar-refractivity contribution is 5.91. The average Bonchev–Trinajstić information content (AvgIpc) is 2.69. The molecule has 7 atom stereocenters. The molecule has 0 spiro atoms. The Labute approximate surface area is 139 Å². The number of aliphatic hydroxyl groups is 2. The van der Waals surface area contributed by atoms with Gasteiger partial charge in [0.15, 0.2) is 5.78 Å². The molecular formula is C20H30O3. The predicted octanol–water partition coefficient (Wildman–Crippen LogP) is 3.24. The van der Waals surface area contributed by atoms with E-state index in [1.807, 2.05) is 13.0 Å². The molecule has 0 bridgehead atoms. The number of carbonyl (C=O) groups is 1. The summed E-state index contributed by atoms with van der Waals surface area (Å²) in [6.45, 7) is 6.44. The van der Waals surface area contributed by atoms with Crippen LogP contribution in [0.15, 0.2) is 11.6 Å². The summed E-state index contributed by atoms with van der Waals surface area (Å²) in [6.07, 6.45) is 7.69. The molecule has 3 nitrogen and oxygen atoms in total. The molecule has 4 aliphatic rings. The van der Waals surface area contributed by atoms with E-state index >= 15 is 0 Å². The largest absolute Gasteiger partial charge is 0.393 e. The lowest BCUT2D eigenvalue weighted by molar-refractivity contribution is -0.166. The standard InChI is InChI=1S/C20H30O3/c1-18-8-6-13(21)10-12(18)4-5-14-15-7-9-20(3,23)19(15,2)11-16(22)17(14)18/h10,14-17,22-23H,4-9,11H2,1-3H3/t14-,15?,16-,17+,18-,19-,20+/m0/s1. The van der Waals surface area contributed by atoms with Crippen molar-refractivity contribution < 1.29 is 15.0 Å². The number of aliphatic hydroxyl groups excluding tert-OH is 1. The van der Waals surface area contributed by atoms with Crippen molar-refractivity contribution in [2.75, 3.05) is 0 Å². The third kappa shape index (κ3) is 1.93. The first kappa shape index (κ1) is 15.8. The SMILES string of the molecule is C[C@]12CCC(=O)C=C1CC[C@H]1C3CC[C@@](C)(O)[C@@]3(C)C[C@H](O)[C@@H]12. The molecule has 3 heteroatoms. The lowest BCUT2D eigenvalue weighted by Crippen LogP contribution is -2.59. The van der Waals surface area contributed by atoms with Crippen LogP contribution in [0.1, 0.15) is 65.7 Å². The predicted molar refractivity (Wildman–Crippen MR) is 88.7 cm³/mol. The van der Waals surface area contributed by atoms with E-state index in [-0.39, 0.29) is 28.6 Å². The molecule has 0 aromatic heterocycles. The minimum Gasteiger partial charge on any atom is -0.393 e. The van der Waals surface area contributed by atoms with E-state index < -0.39 is 5.60 Å². The molecule has 3 saturated carbocycles. The maximum Gasteiger partial charge on any atom is 0.155 e. The van der Waals surface area contributed by atoms with E-state index in [0.717, 1.165) is 32.1 Å². The highest BCUT2D eigenvalue weighted by Gasteiger charge is 2.64. The van der Waals surface area contributed by atoms with E-state index in [1.54, 1.807) is 0 Å². The lowest BCUT2D eigenvalue weighted by Gasteiger charge is -2.60. The number of allylic oxidation sites excluding steroid dienone is 1. The summed E-state index contributed by atoms with van der Waals surface area (Å²) in [5.74, 6) is 1.49. The molecule has 0 amide bonds. The van der Waals surface area contributed by atoms with E-state index in [1.165, 1.54) is 5.57 Å². The Morgan fingerprint density at radius 3 is 2.61 bits per heavy atom. The molecule has 0 radical (unpaired) electrons. The summed E-state index contributed by atoms with van der Waals surface area (Å²) in [7, 11) is 0. The van der Waals surface area contributed by atoms with Crippen LogP contribution in [-0.2, 0) is 4.79 Å². The maximum absolute atomic E-state index is 11.8. The van der Waals surface area contributed by atoms with E-state index in [2.05, 4.69) is 13.8 Å². The van der Waals surface area contributed by atoms with Crippen molar-refractivity contribution in [1.82, 2.24) is 0 Å². The minimum atomic E-state index is -0.664. The van der Waals surface area contributed by atoms with E-state index in [9.17, 15) is 15.0 Å². The van der Waals surface area contributed by atoms with Crippen LogP contribution in [0.5, 0.6) is 0 Å². The quantitative estimate of drug-likeness (QED) is 0.721. The van der Waals surface area contributed by atoms with Crippen LogP contribution in [0, 0.1) is 28.6 Å². The number of ketones is 1. The van der Waals surface area contributed by atoms with Crippen molar-refractivity contribution in [2.45, 2.75) is 77.4 Å². The number of hydrogen-bond donors (Lipinski definition) is 2. The molecule has 1 unspecified atom stereocenters. The molecule has 0 aromatic carbocycles. The van der Waals surface area contributed by atoms with Gasteiger partial charge in [-0.3, -0.25) is 4.79 Å². The van der Waals surface area contributed by atoms with Crippen molar-refractivity contribution in [3.05, 3.63) is 11.6 Å². The highest BCUT2D eigenvalue weighted by atomic mass is 16.3. The molecule has 0 aliphatic heterocycles. The Morgan fingerprint density at radius 2 is 1.87 bits per heavy atom. The maximum atomic E-state index is 11.8. The van der Waals surface area contributed by atoms with Gasteiger partial charge in [0.25, 0.3) is 0 Å². The first-order valence-electron chi connectivity index (χ1n) is 9.33. The summed E-state index contributed by atoms with van der Waals surface area (Å²) in [5.41, 5.74) is 0.424. The Balaban J connectivity index is 1.75. The zero-order chi connectivity index (χ0) is 16.6. The van der Waals surface area contributed by atoms with Crippen molar-refractivity contribution in [3.63, 3.8) is 0 Å². The zero-order valence-electron chi connectivity index (χ0n) is 14.6. The van der Waals surface area contributed by atoms with Gasteiger partial charge >= 0.3 is 0 Å². The fourth-order valence-corrected chi connectivity index (χ4v) is 6.91. The third-order valence-corrected chi connectivity index (χ3v) is 8.46. The Morgan fingerprint density at radius 1 is 1.13 bits per heavy atom. The van der Waals surface area contributed by atoms with Gasteiger partial charge in [0.1, 0.15) is 0 Å². The summed E-state index contributed by atoms with van der Waals surface area (Å²) in [4.78, 5) is 11.8. The third-order valence-electron chi connectivity index (χ3n) is 8.46. The van der Waals surface area contributed by atoms with Gasteiger partial charge in [-0.15, -0.1) is 0 Å². The van der Waals surface area contributed by atoms with Crippen LogP contribution < -0.4 is 0 Å². The van der Waals surface area contributed by atoms with Crippen molar-refractivity contribution in [1.29, 1.82) is 0 Å². The second-order valence-corrected chi connectivity index (χ2v) is 9.39. The van der Waals surface area contributed by atoms with Crippen molar-refractivity contribution in [3.8, 4) is 0 Å². The molecule has 23 heavy (non-hydrogen) atoms. The van der Waals surface area contributed by atoms with E-state index in [0.29, 0.717) is 24.7 Å². The molecule has 4 aliphatic carbocycles. The number of carbonyl (C=O) groups excluding carboxylic acids is 1. The van der Waals surface area contributed by atoms with Crippen LogP contribution in [0.3, 0.4) is 0 Å². The average molecular weight is 318 g/mol. The van der Waals surface area contributed by atoms with Crippen molar-refractivity contribution >= 4 is 5.78 Å². The van der Waals surface area contributed by atoms with Crippen LogP contribution in [-0.4, -0.2) is 27.7 Å². The summed E-state index contributed by atoms with van der Waals surface area (Å²) < 4.78 is 0. The monoisotopic (exact) mass is 318 g/mol. The normalized spacial score (nSPS) is 55.7. The van der Waals surface area contributed by atoms with Gasteiger partial charge in [0.05, 0.1) is 11.7 Å². The molecule has 3 fully saturated rings. The zero-order valence-corrected chi connectivity index (χ0v) is 14.6. The van der Waals surface area contributed by atoms with E-state index in [4.69, 9.17) is 0 Å². The molecule has 0 saturated heterocycles. The van der Waals surface area contributed by atoms with Crippen LogP contribution in [0.25, 0.3) is 0 Å². The van der Waals surface area contributed by atoms with Gasteiger partial charge in [0, 0.05) is 11.8 Å². The number of hydrogen-bond acceptors (Lipinski definition) is 3. The number of fused-ring (bicyclic) bond motifs is 5. The van der Waals surface area contributed by atoms with Crippen molar-refractivity contribution in [2.24, 2.45) is 28.6 Å². The second-order valence-electron chi connectivity index (χ2n) is 9.39. The second kappa shape index (κ2) is 4.70. The minimum absolute atomic E-state index is 0.0218. The Hall–Kier alpha value is -0.670. The Bertz CT molecular complexity index is 577. The summed E-state index contributed by atoms with van der Waals surface area (Å²) >= 11 is 0. The molecule has 2 N–H and O–H groups in total. The molecule has 0 heterocycles. The smallest absolute Gasteiger partial charge is 0.155 e. The first-order valence-corrected chi connectivity index (χ1v) is 9.33. The summed E-state index contributed by atoms with van der Waals surface area (Å²) in [5, 5.41) is 22.0. The molecule has 4 rings (SSSR count). The fourth-order valence-electron chi connectivity index (χ4n) is 6.91. The highest BCUT2D eigenvalue weighted by Crippen LogP contribution is 2.67. The first-order chi connectivity index (χ1) is 10.7. The molecule has 0 aromatic rings. The van der Waals surface area contributed by atoms with Gasteiger partial charge < -0.3 is 10.2 Å².